The van der Waals surface area contributed by atoms with Gasteiger partial charge in [-0.2, -0.15) is 0 Å². The third-order valence-electron chi connectivity index (χ3n) is 10.9. The van der Waals surface area contributed by atoms with Crippen molar-refractivity contribution in [3.63, 3.8) is 0 Å². The fraction of sp³-hybridized carbons (Fsp3) is 0.273. The molecule has 13 nitrogen and oxygen atoms in total. The Kier molecular flexibility index (Phi) is 10.6. The summed E-state index contributed by atoms with van der Waals surface area (Å²) in [4.78, 5) is 65.6. The smallest absolute Gasteiger partial charge is 0.405 e. The number of amides is 3. The second-order valence-electron chi connectivity index (χ2n) is 14.8. The Hall–Kier alpha value is -6.60. The second-order valence-corrected chi connectivity index (χ2v) is 14.8. The van der Waals surface area contributed by atoms with Crippen LogP contribution in [-0.4, -0.2) is 84.7 Å². The summed E-state index contributed by atoms with van der Waals surface area (Å²) in [5, 5.41) is 0. The minimum Gasteiger partial charge on any atom is -0.431 e. The number of benzene rings is 3. The molecule has 2 aliphatic heterocycles. The van der Waals surface area contributed by atoms with E-state index in [2.05, 4.69) is 51.4 Å². The number of ether oxygens (including phenoxy) is 1. The largest absolute Gasteiger partial charge is 0.431 e. The molecule has 0 bridgehead atoms. The molecule has 290 valence electrons. The Morgan fingerprint density at radius 3 is 2.00 bits per heavy atom. The van der Waals surface area contributed by atoms with E-state index in [1.54, 1.807) is 41.6 Å². The van der Waals surface area contributed by atoms with Gasteiger partial charge in [0.1, 0.15) is 17.7 Å². The van der Waals surface area contributed by atoms with Gasteiger partial charge in [-0.1, -0.05) is 84.9 Å². The van der Waals surface area contributed by atoms with Gasteiger partial charge in [-0.3, -0.25) is 19.5 Å². The van der Waals surface area contributed by atoms with Crippen LogP contribution in [0.4, 0.5) is 4.79 Å². The molecule has 57 heavy (non-hydrogen) atoms. The average Bonchev–Trinajstić information content (AvgIpc) is 4.08. The SMILES string of the molecule is CN(C)C(C(=O)N1CCC[C@H]1c1ncc(-c2ccc(-c3ccc(-c4c[nH]c([C@@H]5CCCN5C(=O)[C@H](OC(N)=O)c5ccccc5)n4)cc3)cc2)[nH]1)c1cccnc1. The Balaban J connectivity index is 0.930. The lowest BCUT2D eigenvalue weighted by molar-refractivity contribution is -0.141. The molecule has 3 aromatic heterocycles. The summed E-state index contributed by atoms with van der Waals surface area (Å²) in [5.41, 5.74) is 12.5. The van der Waals surface area contributed by atoms with Crippen molar-refractivity contribution >= 4 is 17.9 Å². The number of likely N-dealkylation sites (tertiary alicyclic amines) is 2. The molecule has 0 spiro atoms. The quantitative estimate of drug-likeness (QED) is 0.127. The monoisotopic (exact) mass is 763 g/mol. The van der Waals surface area contributed by atoms with Crippen LogP contribution < -0.4 is 5.73 Å². The van der Waals surface area contributed by atoms with Crippen molar-refractivity contribution in [3.8, 4) is 33.6 Å². The Bertz CT molecular complexity index is 2330. The van der Waals surface area contributed by atoms with Crippen LogP contribution in [0.15, 0.2) is 116 Å². The molecule has 5 heterocycles. The van der Waals surface area contributed by atoms with Gasteiger partial charge in [-0.05, 0) is 68.1 Å². The average molecular weight is 764 g/mol. The molecular formula is C44H45N9O4. The van der Waals surface area contributed by atoms with Crippen LogP contribution >= 0.6 is 0 Å². The van der Waals surface area contributed by atoms with Crippen molar-refractivity contribution in [2.45, 2.75) is 49.9 Å². The van der Waals surface area contributed by atoms with Crippen LogP contribution in [0.5, 0.6) is 0 Å². The number of nitrogens with zero attached hydrogens (tertiary/aromatic N) is 6. The Morgan fingerprint density at radius 2 is 1.37 bits per heavy atom. The number of nitrogens with one attached hydrogen (secondary N) is 2. The molecule has 3 amide bonds. The van der Waals surface area contributed by atoms with E-state index in [0.29, 0.717) is 24.5 Å². The standard InChI is InChI=1S/C44H45N9O4/c1-51(2)38(33-11-6-22-46-25-33)42(54)52-23-7-12-36(52)40-47-26-34(49-40)30-18-14-28(15-19-30)29-16-20-31(21-17-29)35-27-48-41(50-35)37-13-8-24-53(37)43(55)39(57-44(45)56)32-9-4-3-5-10-32/h3-6,9-11,14-22,25-27,36-39H,7-8,12-13,23-24H2,1-2H3,(H2,45,56)(H,47,49)(H,48,50)/t36-,37-,38?,39+/m0/s1. The predicted molar refractivity (Wildman–Crippen MR) is 215 cm³/mol. The van der Waals surface area contributed by atoms with Crippen LogP contribution in [0.3, 0.4) is 0 Å². The highest BCUT2D eigenvalue weighted by atomic mass is 16.6. The fourth-order valence-electron chi connectivity index (χ4n) is 8.13. The molecule has 0 aliphatic carbocycles. The number of hydrogen-bond donors (Lipinski definition) is 3. The molecule has 4 atom stereocenters. The lowest BCUT2D eigenvalue weighted by Gasteiger charge is -2.31. The second kappa shape index (κ2) is 16.2. The molecule has 8 rings (SSSR count). The Morgan fingerprint density at radius 1 is 0.754 bits per heavy atom. The van der Waals surface area contributed by atoms with Crippen LogP contribution in [0.25, 0.3) is 33.6 Å². The lowest BCUT2D eigenvalue weighted by atomic mass is 10.0. The number of pyridine rings is 1. The zero-order valence-electron chi connectivity index (χ0n) is 31.9. The lowest BCUT2D eigenvalue weighted by Crippen LogP contribution is -2.40. The zero-order valence-corrected chi connectivity index (χ0v) is 31.9. The molecular weight excluding hydrogens is 719 g/mol. The summed E-state index contributed by atoms with van der Waals surface area (Å²) in [6, 6.07) is 28.5. The summed E-state index contributed by atoms with van der Waals surface area (Å²) in [6.07, 6.45) is 8.35. The first-order chi connectivity index (χ1) is 27.7. The van der Waals surface area contributed by atoms with E-state index in [0.717, 1.165) is 70.7 Å². The van der Waals surface area contributed by atoms with Crippen LogP contribution in [0.2, 0.25) is 0 Å². The van der Waals surface area contributed by atoms with Crippen molar-refractivity contribution in [2.75, 3.05) is 27.2 Å². The summed E-state index contributed by atoms with van der Waals surface area (Å²) in [6.45, 7) is 1.20. The maximum absolute atomic E-state index is 13.9. The highest BCUT2D eigenvalue weighted by Crippen LogP contribution is 2.37. The number of primary amides is 1. The third kappa shape index (κ3) is 7.79. The van der Waals surface area contributed by atoms with E-state index in [1.807, 2.05) is 66.6 Å². The van der Waals surface area contributed by atoms with Gasteiger partial charge in [0.25, 0.3) is 5.91 Å². The number of rotatable bonds is 11. The molecule has 4 N–H and O–H groups in total. The van der Waals surface area contributed by atoms with Gasteiger partial charge in [-0.25, -0.2) is 14.8 Å². The number of nitrogens with two attached hydrogens (primary N) is 1. The molecule has 2 aliphatic rings. The molecule has 2 fully saturated rings. The van der Waals surface area contributed by atoms with Gasteiger partial charge in [0.05, 0.1) is 29.7 Å². The number of imidazole rings is 2. The predicted octanol–water partition coefficient (Wildman–Crippen LogP) is 7.00. The number of carbonyl (C=O) groups excluding carboxylic acids is 3. The number of likely N-dealkylation sites (N-methyl/N-ethyl adjacent to an activating group) is 1. The van der Waals surface area contributed by atoms with Gasteiger partial charge in [-0.15, -0.1) is 0 Å². The first kappa shape index (κ1) is 37.3. The topological polar surface area (TPSA) is 166 Å². The van der Waals surface area contributed by atoms with Gasteiger partial charge in [0, 0.05) is 42.8 Å². The first-order valence-electron chi connectivity index (χ1n) is 19.2. The van der Waals surface area contributed by atoms with Gasteiger partial charge >= 0.3 is 6.09 Å². The van der Waals surface area contributed by atoms with Crippen molar-refractivity contribution in [2.24, 2.45) is 5.73 Å². The molecule has 6 aromatic rings. The van der Waals surface area contributed by atoms with E-state index in [9.17, 15) is 14.4 Å². The first-order valence-corrected chi connectivity index (χ1v) is 19.2. The Labute approximate surface area is 330 Å². The van der Waals surface area contributed by atoms with Gasteiger partial charge in [0.2, 0.25) is 12.0 Å². The van der Waals surface area contributed by atoms with Crippen molar-refractivity contribution in [1.29, 1.82) is 0 Å². The summed E-state index contributed by atoms with van der Waals surface area (Å²) in [5.74, 6) is 1.20. The third-order valence-corrected chi connectivity index (χ3v) is 10.9. The minimum absolute atomic E-state index is 0.0509. The van der Waals surface area contributed by atoms with Crippen LogP contribution in [0, 0.1) is 0 Å². The van der Waals surface area contributed by atoms with Crippen molar-refractivity contribution < 1.29 is 19.1 Å². The fourth-order valence-corrected chi connectivity index (χ4v) is 8.13. The number of aromatic amines is 2. The highest BCUT2D eigenvalue weighted by Gasteiger charge is 2.39. The summed E-state index contributed by atoms with van der Waals surface area (Å²) >= 11 is 0. The number of aromatic nitrogens is 5. The van der Waals surface area contributed by atoms with E-state index in [4.69, 9.17) is 20.4 Å². The van der Waals surface area contributed by atoms with Crippen molar-refractivity contribution in [3.05, 3.63) is 139 Å². The molecule has 1 unspecified atom stereocenters. The van der Waals surface area contributed by atoms with Crippen LogP contribution in [-0.2, 0) is 14.3 Å². The minimum atomic E-state index is -1.13. The molecule has 13 heteroatoms. The number of H-pyrrole nitrogens is 2. The van der Waals surface area contributed by atoms with Gasteiger partial charge < -0.3 is 30.2 Å². The number of hydrogen-bond acceptors (Lipinski definition) is 8. The van der Waals surface area contributed by atoms with E-state index in [-0.39, 0.29) is 23.9 Å². The maximum Gasteiger partial charge on any atom is 0.405 e. The number of carbonyl (C=O) groups is 3. The highest BCUT2D eigenvalue weighted by molar-refractivity contribution is 5.85. The van der Waals surface area contributed by atoms with Gasteiger partial charge in [0.15, 0.2) is 0 Å². The van der Waals surface area contributed by atoms with E-state index in [1.165, 1.54) is 0 Å². The van der Waals surface area contributed by atoms with E-state index >= 15 is 0 Å². The van der Waals surface area contributed by atoms with E-state index < -0.39 is 18.2 Å². The maximum atomic E-state index is 13.9. The molecule has 0 radical (unpaired) electrons. The summed E-state index contributed by atoms with van der Waals surface area (Å²) < 4.78 is 5.30. The zero-order chi connectivity index (χ0) is 39.5. The molecule has 3 aromatic carbocycles. The molecule has 0 saturated carbocycles. The summed E-state index contributed by atoms with van der Waals surface area (Å²) in [7, 11) is 3.84. The van der Waals surface area contributed by atoms with Crippen molar-refractivity contribution in [1.82, 2.24) is 39.6 Å². The molecule has 2 saturated heterocycles. The normalized spacial score (nSPS) is 17.8. The van der Waals surface area contributed by atoms with Crippen LogP contribution in [0.1, 0.15) is 72.7 Å².